The predicted octanol–water partition coefficient (Wildman–Crippen LogP) is 1.15. The third-order valence-electron chi connectivity index (χ3n) is 2.77. The number of aliphatic hydroxyl groups is 1. The Balaban J connectivity index is 1.99. The van der Waals surface area contributed by atoms with E-state index in [1.807, 2.05) is 0 Å². The second-order valence-electron chi connectivity index (χ2n) is 4.11. The van der Waals surface area contributed by atoms with E-state index >= 15 is 0 Å². The highest BCUT2D eigenvalue weighted by Gasteiger charge is 2.41. The van der Waals surface area contributed by atoms with E-state index in [4.69, 9.17) is 5.11 Å². The van der Waals surface area contributed by atoms with Gasteiger partial charge in [-0.3, -0.25) is 0 Å². The largest absolute Gasteiger partial charge is 0.508 e. The second kappa shape index (κ2) is 3.79. The number of nitrogens with one attached hydrogen (secondary N) is 1. The third-order valence-corrected chi connectivity index (χ3v) is 2.77. The van der Waals surface area contributed by atoms with Gasteiger partial charge in [-0.2, -0.15) is 0 Å². The number of hydrogen-bond donors (Lipinski definition) is 3. The summed E-state index contributed by atoms with van der Waals surface area (Å²) in [5.41, 5.74) is 0.523. The van der Waals surface area contributed by atoms with E-state index in [0.717, 1.165) is 18.9 Å². The first-order valence-corrected chi connectivity index (χ1v) is 4.98. The summed E-state index contributed by atoms with van der Waals surface area (Å²) in [7, 11) is 0. The molecule has 1 saturated carbocycles. The summed E-state index contributed by atoms with van der Waals surface area (Å²) in [5, 5.41) is 21.4. The maximum absolute atomic E-state index is 12.9. The number of halogens is 1. The van der Waals surface area contributed by atoms with Crippen LogP contribution in [0.25, 0.3) is 0 Å². The van der Waals surface area contributed by atoms with Crippen LogP contribution in [0.1, 0.15) is 18.4 Å². The van der Waals surface area contributed by atoms with Crippen LogP contribution in [-0.2, 0) is 6.54 Å². The van der Waals surface area contributed by atoms with E-state index in [0.29, 0.717) is 12.1 Å². The lowest BCUT2D eigenvalue weighted by molar-refractivity contribution is 0.229. The molecular formula is C11H14FNO2. The van der Waals surface area contributed by atoms with E-state index in [-0.39, 0.29) is 17.9 Å². The fraction of sp³-hybridized carbons (Fsp3) is 0.455. The van der Waals surface area contributed by atoms with E-state index in [1.54, 1.807) is 0 Å². The smallest absolute Gasteiger partial charge is 0.127 e. The Morgan fingerprint density at radius 1 is 1.33 bits per heavy atom. The van der Waals surface area contributed by atoms with Crippen molar-refractivity contribution in [3.05, 3.63) is 29.6 Å². The Bertz CT molecular complexity index is 343. The number of aliphatic hydroxyl groups excluding tert-OH is 1. The Labute approximate surface area is 87.6 Å². The normalized spacial score (nSPS) is 17.7. The van der Waals surface area contributed by atoms with Crippen LogP contribution in [0, 0.1) is 5.82 Å². The standard InChI is InChI=1S/C11H14FNO2/c12-9-3-8(4-10(15)5-9)6-13-11(7-14)1-2-11/h3-5,13-15H,1-2,6-7H2. The summed E-state index contributed by atoms with van der Waals surface area (Å²) in [5.74, 6) is -0.513. The summed E-state index contributed by atoms with van der Waals surface area (Å²) in [4.78, 5) is 0. The van der Waals surface area contributed by atoms with Crippen molar-refractivity contribution in [3.8, 4) is 5.75 Å². The minimum atomic E-state index is -0.444. The highest BCUT2D eigenvalue weighted by atomic mass is 19.1. The van der Waals surface area contributed by atoms with Crippen LogP contribution < -0.4 is 5.32 Å². The maximum Gasteiger partial charge on any atom is 0.127 e. The molecule has 15 heavy (non-hydrogen) atoms. The average Bonchev–Trinajstić information content (AvgIpc) is 2.94. The van der Waals surface area contributed by atoms with Gasteiger partial charge in [0, 0.05) is 18.2 Å². The van der Waals surface area contributed by atoms with E-state index in [1.165, 1.54) is 12.1 Å². The highest BCUT2D eigenvalue weighted by Crippen LogP contribution is 2.34. The van der Waals surface area contributed by atoms with Crippen molar-refractivity contribution in [3.63, 3.8) is 0 Å². The molecule has 0 spiro atoms. The van der Waals surface area contributed by atoms with Crippen LogP contribution in [0.15, 0.2) is 18.2 Å². The summed E-state index contributed by atoms with van der Waals surface area (Å²) in [6, 6.07) is 3.96. The molecule has 1 aromatic carbocycles. The van der Waals surface area contributed by atoms with Gasteiger partial charge in [-0.1, -0.05) is 0 Å². The monoisotopic (exact) mass is 211 g/mol. The lowest BCUT2D eigenvalue weighted by Crippen LogP contribution is -2.34. The lowest BCUT2D eigenvalue weighted by atomic mass is 10.2. The summed E-state index contributed by atoms with van der Waals surface area (Å²) < 4.78 is 12.9. The van der Waals surface area contributed by atoms with E-state index in [9.17, 15) is 9.50 Å². The number of phenols is 1. The minimum absolute atomic E-state index is 0.0688. The summed E-state index contributed by atoms with van der Waals surface area (Å²) in [6.45, 7) is 0.570. The van der Waals surface area contributed by atoms with Crippen molar-refractivity contribution < 1.29 is 14.6 Å². The van der Waals surface area contributed by atoms with Crippen molar-refractivity contribution in [1.29, 1.82) is 0 Å². The number of rotatable bonds is 4. The van der Waals surface area contributed by atoms with Gasteiger partial charge in [0.2, 0.25) is 0 Å². The molecular weight excluding hydrogens is 197 g/mol. The molecule has 1 fully saturated rings. The zero-order chi connectivity index (χ0) is 10.9. The minimum Gasteiger partial charge on any atom is -0.508 e. The summed E-state index contributed by atoms with van der Waals surface area (Å²) >= 11 is 0. The van der Waals surface area contributed by atoms with Gasteiger partial charge >= 0.3 is 0 Å². The molecule has 3 N–H and O–H groups in total. The zero-order valence-corrected chi connectivity index (χ0v) is 8.33. The Morgan fingerprint density at radius 3 is 2.60 bits per heavy atom. The predicted molar refractivity (Wildman–Crippen MR) is 54.0 cm³/mol. The molecule has 1 aromatic rings. The molecule has 0 bridgehead atoms. The summed E-state index contributed by atoms with van der Waals surface area (Å²) in [6.07, 6.45) is 1.90. The van der Waals surface area contributed by atoms with Crippen LogP contribution in [0.3, 0.4) is 0 Å². The Morgan fingerprint density at radius 2 is 2.07 bits per heavy atom. The van der Waals surface area contributed by atoms with Crippen molar-refractivity contribution in [2.24, 2.45) is 0 Å². The van der Waals surface area contributed by atoms with Crippen molar-refractivity contribution in [2.45, 2.75) is 24.9 Å². The fourth-order valence-corrected chi connectivity index (χ4v) is 1.57. The molecule has 0 amide bonds. The molecule has 0 radical (unpaired) electrons. The molecule has 0 heterocycles. The molecule has 3 nitrogen and oxygen atoms in total. The third kappa shape index (κ3) is 2.46. The van der Waals surface area contributed by atoms with Crippen LogP contribution in [-0.4, -0.2) is 22.4 Å². The maximum atomic E-state index is 12.9. The van der Waals surface area contributed by atoms with Crippen LogP contribution in [0.4, 0.5) is 4.39 Å². The second-order valence-corrected chi connectivity index (χ2v) is 4.11. The van der Waals surface area contributed by atoms with E-state index < -0.39 is 5.82 Å². The van der Waals surface area contributed by atoms with Gasteiger partial charge in [0.25, 0.3) is 0 Å². The average molecular weight is 211 g/mol. The molecule has 0 aliphatic heterocycles. The fourth-order valence-electron chi connectivity index (χ4n) is 1.57. The van der Waals surface area contributed by atoms with Crippen LogP contribution >= 0.6 is 0 Å². The SMILES string of the molecule is OCC1(NCc2cc(O)cc(F)c2)CC1. The van der Waals surface area contributed by atoms with Gasteiger partial charge < -0.3 is 15.5 Å². The molecule has 0 unspecified atom stereocenters. The molecule has 0 saturated heterocycles. The quantitative estimate of drug-likeness (QED) is 0.700. The van der Waals surface area contributed by atoms with Gasteiger partial charge in [-0.15, -0.1) is 0 Å². The van der Waals surface area contributed by atoms with Gasteiger partial charge in [-0.25, -0.2) is 4.39 Å². The van der Waals surface area contributed by atoms with Crippen molar-refractivity contribution in [2.75, 3.05) is 6.61 Å². The number of hydrogen-bond acceptors (Lipinski definition) is 3. The molecule has 0 aromatic heterocycles. The molecule has 1 aliphatic rings. The van der Waals surface area contributed by atoms with Crippen LogP contribution in [0.2, 0.25) is 0 Å². The molecule has 4 heteroatoms. The van der Waals surface area contributed by atoms with Gasteiger partial charge in [0.1, 0.15) is 11.6 Å². The molecule has 2 rings (SSSR count). The lowest BCUT2D eigenvalue weighted by Gasteiger charge is -2.14. The molecule has 0 atom stereocenters. The Hall–Kier alpha value is -1.13. The zero-order valence-electron chi connectivity index (χ0n) is 8.33. The Kier molecular flexibility index (Phi) is 2.63. The first-order chi connectivity index (χ1) is 7.13. The highest BCUT2D eigenvalue weighted by molar-refractivity contribution is 5.28. The topological polar surface area (TPSA) is 52.5 Å². The van der Waals surface area contributed by atoms with Gasteiger partial charge in [-0.05, 0) is 30.5 Å². The van der Waals surface area contributed by atoms with Crippen LogP contribution in [0.5, 0.6) is 5.75 Å². The van der Waals surface area contributed by atoms with Gasteiger partial charge in [0.05, 0.1) is 6.61 Å². The first-order valence-electron chi connectivity index (χ1n) is 4.98. The van der Waals surface area contributed by atoms with Gasteiger partial charge in [0.15, 0.2) is 0 Å². The number of aromatic hydroxyl groups is 1. The molecule has 82 valence electrons. The first kappa shape index (κ1) is 10.4. The molecule has 1 aliphatic carbocycles. The van der Waals surface area contributed by atoms with E-state index in [2.05, 4.69) is 5.32 Å². The van der Waals surface area contributed by atoms with Crippen molar-refractivity contribution >= 4 is 0 Å². The number of phenolic OH excluding ortho intramolecular Hbond substituents is 1. The number of benzene rings is 1. The van der Waals surface area contributed by atoms with Crippen molar-refractivity contribution in [1.82, 2.24) is 5.32 Å².